The first kappa shape index (κ1) is 9.64. The van der Waals surface area contributed by atoms with E-state index in [0.717, 1.165) is 5.75 Å². The van der Waals surface area contributed by atoms with E-state index in [9.17, 15) is 0 Å². The quantitative estimate of drug-likeness (QED) is 0.670. The normalized spacial score (nSPS) is 10.5. The number of hydrogen-bond donors (Lipinski definition) is 0. The van der Waals surface area contributed by atoms with Crippen molar-refractivity contribution >= 4 is 24.1 Å². The maximum atomic E-state index is 5.67. The summed E-state index contributed by atoms with van der Waals surface area (Å²) in [5.74, 6) is 1.48. The van der Waals surface area contributed by atoms with Crippen LogP contribution in [0.4, 0.5) is 0 Å². The molecule has 2 nitrogen and oxygen atoms in total. The van der Waals surface area contributed by atoms with E-state index in [-0.39, 0.29) is 0 Å². The van der Waals surface area contributed by atoms with Crippen LogP contribution in [0.5, 0.6) is 11.6 Å². The summed E-state index contributed by atoms with van der Waals surface area (Å²) in [5, 5.41) is 1.24. The number of para-hydroxylation sites is 1. The van der Waals surface area contributed by atoms with Crippen molar-refractivity contribution in [2.45, 2.75) is 0 Å². The molecule has 0 saturated carbocycles. The van der Waals surface area contributed by atoms with Crippen LogP contribution in [-0.4, -0.2) is 19.5 Å². The van der Waals surface area contributed by atoms with Crippen LogP contribution in [-0.2, 0) is 0 Å². The van der Waals surface area contributed by atoms with E-state index in [0.29, 0.717) is 20.4 Å². The molecule has 0 N–H and O–H groups in total. The van der Waals surface area contributed by atoms with Crippen molar-refractivity contribution in [2.24, 2.45) is 0 Å². The van der Waals surface area contributed by atoms with Gasteiger partial charge in [-0.25, -0.2) is 0 Å². The Bertz CT molecular complexity index is 603. The van der Waals surface area contributed by atoms with Gasteiger partial charge in [0.2, 0.25) is 0 Å². The molecule has 0 saturated heterocycles. The Morgan fingerprint density at radius 1 is 1.06 bits per heavy atom. The molecule has 0 aliphatic rings. The molecule has 78 valence electrons. The average Bonchev–Trinajstić information content (AvgIpc) is 2.77. The number of ether oxygens (including phenoxy) is 1. The molecule has 3 rings (SSSR count). The number of hydrogen-bond acceptors (Lipinski definition) is 2. The maximum absolute atomic E-state index is 5.67. The monoisotopic (exact) mass is 275 g/mol. The van der Waals surface area contributed by atoms with E-state index in [1.807, 2.05) is 42.6 Å². The van der Waals surface area contributed by atoms with E-state index in [4.69, 9.17) is 4.74 Å². The second kappa shape index (κ2) is 4.12. The van der Waals surface area contributed by atoms with Gasteiger partial charge in [0.15, 0.2) is 0 Å². The summed E-state index contributed by atoms with van der Waals surface area (Å²) in [6, 6.07) is 13.8. The number of pyridine rings is 1. The van der Waals surface area contributed by atoms with E-state index in [1.165, 1.54) is 9.65 Å². The molecule has 0 unspecified atom stereocenters. The molecule has 0 radical (unpaired) electrons. The number of rotatable bonds is 2. The van der Waals surface area contributed by atoms with E-state index in [1.54, 1.807) is 0 Å². The van der Waals surface area contributed by atoms with Crippen molar-refractivity contribution in [2.75, 3.05) is 0 Å². The van der Waals surface area contributed by atoms with Gasteiger partial charge in [0.25, 0.3) is 0 Å². The third kappa shape index (κ3) is 1.87. The van der Waals surface area contributed by atoms with E-state index in [2.05, 4.69) is 16.0 Å². The first-order valence-corrected chi connectivity index (χ1v) is 6.82. The van der Waals surface area contributed by atoms with Gasteiger partial charge in [0.05, 0.1) is 0 Å². The van der Waals surface area contributed by atoms with Crippen LogP contribution in [0.3, 0.4) is 0 Å². The Labute approximate surface area is 99.3 Å². The Morgan fingerprint density at radius 2 is 1.94 bits per heavy atom. The van der Waals surface area contributed by atoms with Crippen molar-refractivity contribution in [3.8, 4) is 11.6 Å². The number of fused-ring (bicyclic) bond motifs is 1. The summed E-state index contributed by atoms with van der Waals surface area (Å²) in [6.07, 6.45) is 1.91. The Balaban J connectivity index is 1.94. The van der Waals surface area contributed by atoms with E-state index >= 15 is 0 Å². The molecule has 0 aliphatic heterocycles. The molecule has 1 aromatic carbocycles. The van der Waals surface area contributed by atoms with Crippen LogP contribution >= 0.6 is 0 Å². The van der Waals surface area contributed by atoms with Crippen molar-refractivity contribution < 1.29 is 4.74 Å². The van der Waals surface area contributed by atoms with Crippen LogP contribution in [0, 0.1) is 0 Å². The number of benzene rings is 1. The molecule has 0 bridgehead atoms. The molecule has 0 amide bonds. The van der Waals surface area contributed by atoms with Gasteiger partial charge in [0.1, 0.15) is 0 Å². The first-order valence-electron chi connectivity index (χ1n) is 4.98. The third-order valence-corrected chi connectivity index (χ3v) is 4.10. The Kier molecular flexibility index (Phi) is 2.49. The fraction of sp³-hybridized carbons (Fsp3) is 0. The third-order valence-electron chi connectivity index (χ3n) is 2.28. The molecule has 3 aromatic rings. The van der Waals surface area contributed by atoms with Crippen LogP contribution in [0.1, 0.15) is 0 Å². The summed E-state index contributed by atoms with van der Waals surface area (Å²) in [4.78, 5) is 6.50. The fourth-order valence-electron chi connectivity index (χ4n) is 1.51. The molecular weight excluding hydrogens is 265 g/mol. The minimum absolute atomic E-state index is 0.452. The summed E-state index contributed by atoms with van der Waals surface area (Å²) in [6.45, 7) is 0. The average molecular weight is 274 g/mol. The van der Waals surface area contributed by atoms with Crippen molar-refractivity contribution in [3.63, 3.8) is 0 Å². The number of aromatic nitrogens is 1. The van der Waals surface area contributed by atoms with Crippen molar-refractivity contribution in [3.05, 3.63) is 53.6 Å². The Morgan fingerprint density at radius 3 is 2.81 bits per heavy atom. The van der Waals surface area contributed by atoms with Crippen LogP contribution in [0.25, 0.3) is 9.65 Å². The summed E-state index contributed by atoms with van der Waals surface area (Å²) < 4.78 is 6.99. The summed E-state index contributed by atoms with van der Waals surface area (Å²) in [5.41, 5.74) is 0. The van der Waals surface area contributed by atoms with Gasteiger partial charge in [-0.2, -0.15) is 0 Å². The molecule has 0 spiro atoms. The zero-order valence-corrected chi connectivity index (χ0v) is 10.2. The van der Waals surface area contributed by atoms with Gasteiger partial charge in [0, 0.05) is 0 Å². The van der Waals surface area contributed by atoms with Gasteiger partial charge in [-0.1, -0.05) is 0 Å². The van der Waals surface area contributed by atoms with Gasteiger partial charge in [-0.05, 0) is 0 Å². The summed E-state index contributed by atoms with van der Waals surface area (Å²) in [7, 11) is 0. The Hall–Kier alpha value is -1.57. The molecule has 0 fully saturated rings. The molecular formula is C13H9NOSe. The summed E-state index contributed by atoms with van der Waals surface area (Å²) >= 11 is 0.452. The van der Waals surface area contributed by atoms with Crippen LogP contribution < -0.4 is 4.74 Å². The minimum atomic E-state index is 0.452. The molecule has 0 aliphatic carbocycles. The van der Waals surface area contributed by atoms with Gasteiger partial charge in [-0.15, -0.1) is 0 Å². The van der Waals surface area contributed by atoms with Crippen molar-refractivity contribution in [1.82, 2.24) is 4.98 Å². The molecule has 2 aromatic heterocycles. The fourth-order valence-corrected chi connectivity index (χ4v) is 3.06. The van der Waals surface area contributed by atoms with Crippen molar-refractivity contribution in [1.29, 1.82) is 0 Å². The SMILES string of the molecule is c1ccc(Oc2cc3cc[se]c3cn2)cc1. The number of nitrogens with zero attached hydrogens (tertiary/aromatic N) is 1. The second-order valence-corrected chi connectivity index (χ2v) is 5.38. The molecule has 16 heavy (non-hydrogen) atoms. The predicted octanol–water partition coefficient (Wildman–Crippen LogP) is 3.08. The van der Waals surface area contributed by atoms with Crippen LogP contribution in [0.15, 0.2) is 53.6 Å². The van der Waals surface area contributed by atoms with Crippen LogP contribution in [0.2, 0.25) is 0 Å². The molecule has 2 heterocycles. The first-order chi connectivity index (χ1) is 7.92. The van der Waals surface area contributed by atoms with Gasteiger partial charge < -0.3 is 0 Å². The molecule has 0 atom stereocenters. The zero-order valence-electron chi connectivity index (χ0n) is 8.46. The molecule has 3 heteroatoms. The standard InChI is InChI=1S/C13H9NOSe/c1-2-4-11(5-3-1)15-13-8-10-6-7-16-12(10)9-14-13/h1-9H. The topological polar surface area (TPSA) is 22.1 Å². The second-order valence-electron chi connectivity index (χ2n) is 3.40. The zero-order chi connectivity index (χ0) is 10.8. The predicted molar refractivity (Wildman–Crippen MR) is 65.2 cm³/mol. The van der Waals surface area contributed by atoms with E-state index < -0.39 is 0 Å². The van der Waals surface area contributed by atoms with Gasteiger partial charge in [-0.3, -0.25) is 0 Å². The van der Waals surface area contributed by atoms with Gasteiger partial charge >= 0.3 is 99.1 Å².